The lowest BCUT2D eigenvalue weighted by Gasteiger charge is -2.26. The molecule has 1 heterocycles. The second-order valence-corrected chi connectivity index (χ2v) is 6.37. The van der Waals surface area contributed by atoms with Crippen LogP contribution >= 0.6 is 11.6 Å². The van der Waals surface area contributed by atoms with E-state index in [1.54, 1.807) is 0 Å². The summed E-state index contributed by atoms with van der Waals surface area (Å²) < 4.78 is 0. The molecule has 1 aliphatic rings. The first-order valence-corrected chi connectivity index (χ1v) is 7.73. The van der Waals surface area contributed by atoms with Gasteiger partial charge in [0.25, 0.3) is 0 Å². The third-order valence-electron chi connectivity index (χ3n) is 3.98. The minimum atomic E-state index is 0.262. The minimum absolute atomic E-state index is 0.262. The van der Waals surface area contributed by atoms with E-state index in [1.807, 2.05) is 13.0 Å². The van der Waals surface area contributed by atoms with Crippen LogP contribution in [0.3, 0.4) is 0 Å². The third-order valence-corrected chi connectivity index (χ3v) is 4.55. The normalized spacial score (nSPS) is 17.9. The first-order valence-electron chi connectivity index (χ1n) is 7.20. The average Bonchev–Trinajstić information content (AvgIpc) is 2.85. The lowest BCUT2D eigenvalue weighted by atomic mass is 9.88. The van der Waals surface area contributed by atoms with Gasteiger partial charge in [-0.25, -0.2) is 9.97 Å². The molecule has 1 aliphatic carbocycles. The fraction of sp³-hybridized carbons (Fsp3) is 0.733. The van der Waals surface area contributed by atoms with Crippen LogP contribution in [-0.2, 0) is 0 Å². The van der Waals surface area contributed by atoms with E-state index in [9.17, 15) is 0 Å². The van der Waals surface area contributed by atoms with Gasteiger partial charge in [0.2, 0.25) is 0 Å². The molecular weight excluding hydrogens is 258 g/mol. The maximum absolute atomic E-state index is 6.17. The standard InChI is InChI=1S/C15H24ClN3/c1-11(2)14-18-12(3)8-13(19-14)17-10-15(9-16)6-4-5-7-15/h8,11H,4-7,9-10H2,1-3H3,(H,17,18,19). The van der Waals surface area contributed by atoms with E-state index < -0.39 is 0 Å². The summed E-state index contributed by atoms with van der Waals surface area (Å²) in [6.07, 6.45) is 5.05. The Hall–Kier alpha value is -0.830. The number of anilines is 1. The largest absolute Gasteiger partial charge is 0.369 e. The molecule has 0 aliphatic heterocycles. The maximum atomic E-state index is 6.17. The minimum Gasteiger partial charge on any atom is -0.369 e. The molecule has 106 valence electrons. The molecule has 0 unspecified atom stereocenters. The zero-order chi connectivity index (χ0) is 13.9. The fourth-order valence-electron chi connectivity index (χ4n) is 2.70. The van der Waals surface area contributed by atoms with Crippen LogP contribution in [0, 0.1) is 12.3 Å². The van der Waals surface area contributed by atoms with Crippen LogP contribution in [0.4, 0.5) is 5.82 Å². The van der Waals surface area contributed by atoms with E-state index >= 15 is 0 Å². The van der Waals surface area contributed by atoms with Gasteiger partial charge in [-0.15, -0.1) is 11.6 Å². The average molecular weight is 282 g/mol. The fourth-order valence-corrected chi connectivity index (χ4v) is 3.06. The van der Waals surface area contributed by atoms with Gasteiger partial charge in [0.05, 0.1) is 0 Å². The van der Waals surface area contributed by atoms with Gasteiger partial charge in [-0.1, -0.05) is 26.7 Å². The number of nitrogens with zero attached hydrogens (tertiary/aromatic N) is 2. The summed E-state index contributed by atoms with van der Waals surface area (Å²) >= 11 is 6.17. The molecule has 0 spiro atoms. The number of rotatable bonds is 5. The molecule has 1 aromatic heterocycles. The van der Waals surface area contributed by atoms with Gasteiger partial charge in [0, 0.05) is 35.5 Å². The smallest absolute Gasteiger partial charge is 0.133 e. The summed E-state index contributed by atoms with van der Waals surface area (Å²) in [5, 5.41) is 3.48. The predicted octanol–water partition coefficient (Wildman–Crippen LogP) is 4.12. The number of alkyl halides is 1. The van der Waals surface area contributed by atoms with Crippen molar-refractivity contribution < 1.29 is 0 Å². The van der Waals surface area contributed by atoms with Gasteiger partial charge in [0.1, 0.15) is 11.6 Å². The molecule has 0 amide bonds. The zero-order valence-electron chi connectivity index (χ0n) is 12.2. The Morgan fingerprint density at radius 3 is 2.58 bits per heavy atom. The van der Waals surface area contributed by atoms with Crippen molar-refractivity contribution in [2.75, 3.05) is 17.7 Å². The lowest BCUT2D eigenvalue weighted by molar-refractivity contribution is 0.368. The first kappa shape index (κ1) is 14.6. The molecule has 3 nitrogen and oxygen atoms in total. The van der Waals surface area contributed by atoms with E-state index in [4.69, 9.17) is 11.6 Å². The summed E-state index contributed by atoms with van der Waals surface area (Å²) in [6.45, 7) is 7.18. The number of aryl methyl sites for hydroxylation is 1. The number of hydrogen-bond acceptors (Lipinski definition) is 3. The van der Waals surface area contributed by atoms with Crippen LogP contribution in [0.1, 0.15) is 57.0 Å². The Bertz CT molecular complexity index is 425. The number of aromatic nitrogens is 2. The molecule has 0 aromatic carbocycles. The van der Waals surface area contributed by atoms with Crippen LogP contribution in [0.5, 0.6) is 0 Å². The van der Waals surface area contributed by atoms with Crippen LogP contribution in [0.2, 0.25) is 0 Å². The Morgan fingerprint density at radius 2 is 2.00 bits per heavy atom. The van der Waals surface area contributed by atoms with E-state index in [2.05, 4.69) is 29.1 Å². The van der Waals surface area contributed by atoms with Gasteiger partial charge in [-0.3, -0.25) is 0 Å². The molecule has 1 N–H and O–H groups in total. The molecule has 0 atom stereocenters. The van der Waals surface area contributed by atoms with Gasteiger partial charge in [-0.05, 0) is 19.8 Å². The van der Waals surface area contributed by atoms with E-state index in [0.29, 0.717) is 5.92 Å². The summed E-state index contributed by atoms with van der Waals surface area (Å²) in [5.41, 5.74) is 1.28. The Labute approximate surface area is 121 Å². The molecule has 19 heavy (non-hydrogen) atoms. The monoisotopic (exact) mass is 281 g/mol. The SMILES string of the molecule is Cc1cc(NCC2(CCl)CCCC2)nc(C(C)C)n1. The van der Waals surface area contributed by atoms with Crippen LogP contribution < -0.4 is 5.32 Å². The van der Waals surface area contributed by atoms with Crippen molar-refractivity contribution >= 4 is 17.4 Å². The Kier molecular flexibility index (Phi) is 4.67. The number of nitrogens with one attached hydrogen (secondary N) is 1. The molecule has 0 radical (unpaired) electrons. The van der Waals surface area contributed by atoms with E-state index in [0.717, 1.165) is 29.8 Å². The van der Waals surface area contributed by atoms with E-state index in [1.165, 1.54) is 25.7 Å². The lowest BCUT2D eigenvalue weighted by Crippen LogP contribution is -2.29. The van der Waals surface area contributed by atoms with Crippen molar-refractivity contribution in [2.45, 2.75) is 52.4 Å². The quantitative estimate of drug-likeness (QED) is 0.825. The number of hydrogen-bond donors (Lipinski definition) is 1. The molecule has 2 rings (SSSR count). The van der Waals surface area contributed by atoms with Crippen molar-refractivity contribution in [3.63, 3.8) is 0 Å². The summed E-state index contributed by atoms with van der Waals surface area (Å²) in [7, 11) is 0. The molecule has 0 bridgehead atoms. The maximum Gasteiger partial charge on any atom is 0.133 e. The highest BCUT2D eigenvalue weighted by Gasteiger charge is 2.32. The van der Waals surface area contributed by atoms with Crippen LogP contribution in [0.15, 0.2) is 6.07 Å². The number of halogens is 1. The van der Waals surface area contributed by atoms with Gasteiger partial charge < -0.3 is 5.32 Å². The predicted molar refractivity (Wildman–Crippen MR) is 81.0 cm³/mol. The Balaban J connectivity index is 2.06. The topological polar surface area (TPSA) is 37.8 Å². The van der Waals surface area contributed by atoms with Gasteiger partial charge in [0.15, 0.2) is 0 Å². The van der Waals surface area contributed by atoms with Gasteiger partial charge >= 0.3 is 0 Å². The highest BCUT2D eigenvalue weighted by atomic mass is 35.5. The second kappa shape index (κ2) is 6.08. The van der Waals surface area contributed by atoms with Crippen molar-refractivity contribution in [3.05, 3.63) is 17.6 Å². The van der Waals surface area contributed by atoms with Crippen molar-refractivity contribution in [3.8, 4) is 0 Å². The molecule has 0 saturated heterocycles. The molecule has 4 heteroatoms. The summed E-state index contributed by atoms with van der Waals surface area (Å²) in [5.74, 6) is 2.94. The summed E-state index contributed by atoms with van der Waals surface area (Å²) in [4.78, 5) is 9.07. The highest BCUT2D eigenvalue weighted by molar-refractivity contribution is 6.18. The zero-order valence-corrected chi connectivity index (χ0v) is 12.9. The molecular formula is C15H24ClN3. The Morgan fingerprint density at radius 1 is 1.32 bits per heavy atom. The highest BCUT2D eigenvalue weighted by Crippen LogP contribution is 2.39. The summed E-state index contributed by atoms with van der Waals surface area (Å²) in [6, 6.07) is 2.02. The van der Waals surface area contributed by atoms with Crippen LogP contribution in [0.25, 0.3) is 0 Å². The molecule has 1 saturated carbocycles. The van der Waals surface area contributed by atoms with Crippen molar-refractivity contribution in [1.29, 1.82) is 0 Å². The third kappa shape index (κ3) is 3.59. The second-order valence-electron chi connectivity index (χ2n) is 6.10. The van der Waals surface area contributed by atoms with Gasteiger partial charge in [-0.2, -0.15) is 0 Å². The molecule has 1 aromatic rings. The van der Waals surface area contributed by atoms with Crippen LogP contribution in [-0.4, -0.2) is 22.4 Å². The molecule has 1 fully saturated rings. The van der Waals surface area contributed by atoms with Crippen molar-refractivity contribution in [2.24, 2.45) is 5.41 Å². The van der Waals surface area contributed by atoms with Crippen molar-refractivity contribution in [1.82, 2.24) is 9.97 Å². The first-order chi connectivity index (χ1) is 9.04. The van der Waals surface area contributed by atoms with E-state index in [-0.39, 0.29) is 5.41 Å².